The highest BCUT2D eigenvalue weighted by Gasteiger charge is 2.12. The second kappa shape index (κ2) is 4.77. The van der Waals surface area contributed by atoms with Gasteiger partial charge in [0.2, 0.25) is 0 Å². The SMILES string of the molecule is O=C(O)CCc1nc(Br)c2ccc(C(=O)O)cn12. The van der Waals surface area contributed by atoms with Gasteiger partial charge in [-0.05, 0) is 28.1 Å². The second-order valence-electron chi connectivity index (χ2n) is 3.69. The van der Waals surface area contributed by atoms with E-state index in [0.29, 0.717) is 15.9 Å². The molecule has 0 spiro atoms. The van der Waals surface area contributed by atoms with Gasteiger partial charge in [-0.1, -0.05) is 0 Å². The van der Waals surface area contributed by atoms with Crippen molar-refractivity contribution in [2.45, 2.75) is 12.8 Å². The van der Waals surface area contributed by atoms with Crippen molar-refractivity contribution in [2.75, 3.05) is 0 Å². The first-order valence-corrected chi connectivity index (χ1v) is 5.90. The van der Waals surface area contributed by atoms with Crippen molar-refractivity contribution < 1.29 is 19.8 Å². The first-order valence-electron chi connectivity index (χ1n) is 5.10. The smallest absolute Gasteiger partial charge is 0.337 e. The largest absolute Gasteiger partial charge is 0.481 e. The van der Waals surface area contributed by atoms with E-state index in [1.807, 2.05) is 0 Å². The molecule has 0 aliphatic carbocycles. The molecule has 0 unspecified atom stereocenters. The zero-order chi connectivity index (χ0) is 13.3. The number of hydrogen-bond donors (Lipinski definition) is 2. The van der Waals surface area contributed by atoms with Gasteiger partial charge in [-0.25, -0.2) is 9.78 Å². The van der Waals surface area contributed by atoms with E-state index in [1.165, 1.54) is 12.3 Å². The average molecular weight is 313 g/mol. The number of aliphatic carboxylic acids is 1. The minimum Gasteiger partial charge on any atom is -0.481 e. The standard InChI is InChI=1S/C11H9BrN2O4/c12-10-7-2-1-6(11(17)18)5-14(7)8(13-10)3-4-9(15)16/h1-2,5H,3-4H2,(H,15,16)(H,17,18). The van der Waals surface area contributed by atoms with E-state index in [4.69, 9.17) is 10.2 Å². The second-order valence-corrected chi connectivity index (χ2v) is 4.44. The van der Waals surface area contributed by atoms with Crippen molar-refractivity contribution in [2.24, 2.45) is 0 Å². The van der Waals surface area contributed by atoms with Gasteiger partial charge in [-0.3, -0.25) is 4.79 Å². The Morgan fingerprint density at radius 3 is 2.67 bits per heavy atom. The molecule has 0 saturated heterocycles. The highest BCUT2D eigenvalue weighted by molar-refractivity contribution is 9.10. The summed E-state index contributed by atoms with van der Waals surface area (Å²) in [6.45, 7) is 0. The van der Waals surface area contributed by atoms with Gasteiger partial charge < -0.3 is 14.6 Å². The van der Waals surface area contributed by atoms with Gasteiger partial charge in [0.25, 0.3) is 0 Å². The first kappa shape index (κ1) is 12.6. The van der Waals surface area contributed by atoms with Crippen molar-refractivity contribution in [1.82, 2.24) is 9.38 Å². The number of carboxylic acid groups (broad SMARTS) is 2. The summed E-state index contributed by atoms with van der Waals surface area (Å²) in [6, 6.07) is 3.11. The monoisotopic (exact) mass is 312 g/mol. The van der Waals surface area contributed by atoms with Gasteiger partial charge in [0.1, 0.15) is 10.4 Å². The normalized spacial score (nSPS) is 10.7. The average Bonchev–Trinajstić information content (AvgIpc) is 2.63. The Balaban J connectivity index is 2.49. The predicted molar refractivity (Wildman–Crippen MR) is 65.8 cm³/mol. The Hall–Kier alpha value is -1.89. The summed E-state index contributed by atoms with van der Waals surface area (Å²) in [5.74, 6) is -1.44. The Morgan fingerprint density at radius 1 is 1.33 bits per heavy atom. The van der Waals surface area contributed by atoms with E-state index in [1.54, 1.807) is 10.5 Å². The number of fused-ring (bicyclic) bond motifs is 1. The molecule has 2 aromatic heterocycles. The predicted octanol–water partition coefficient (Wildman–Crippen LogP) is 1.81. The molecule has 2 N–H and O–H groups in total. The maximum absolute atomic E-state index is 10.9. The van der Waals surface area contributed by atoms with Crippen molar-refractivity contribution in [3.05, 3.63) is 34.3 Å². The van der Waals surface area contributed by atoms with Crippen LogP contribution in [0.5, 0.6) is 0 Å². The summed E-state index contributed by atoms with van der Waals surface area (Å²) in [5.41, 5.74) is 0.837. The van der Waals surface area contributed by atoms with Crippen LogP contribution >= 0.6 is 15.9 Å². The Bertz CT molecular complexity index is 635. The molecule has 2 aromatic rings. The molecule has 2 heterocycles. The number of halogens is 1. The van der Waals surface area contributed by atoms with Crippen LogP contribution in [0.25, 0.3) is 5.52 Å². The highest BCUT2D eigenvalue weighted by Crippen LogP contribution is 2.20. The molecule has 0 aliphatic rings. The number of carboxylic acids is 2. The van der Waals surface area contributed by atoms with Crippen LogP contribution in [-0.2, 0) is 11.2 Å². The van der Waals surface area contributed by atoms with Gasteiger partial charge in [0, 0.05) is 12.6 Å². The quantitative estimate of drug-likeness (QED) is 0.898. The maximum atomic E-state index is 10.9. The molecule has 0 amide bonds. The Morgan fingerprint density at radius 2 is 2.06 bits per heavy atom. The van der Waals surface area contributed by atoms with E-state index in [0.717, 1.165) is 0 Å². The number of hydrogen-bond acceptors (Lipinski definition) is 3. The molecule has 0 atom stereocenters. The number of aryl methyl sites for hydroxylation is 1. The topological polar surface area (TPSA) is 91.9 Å². The molecular weight excluding hydrogens is 304 g/mol. The van der Waals surface area contributed by atoms with Gasteiger partial charge >= 0.3 is 11.9 Å². The van der Waals surface area contributed by atoms with Gasteiger partial charge in [-0.2, -0.15) is 0 Å². The number of aromatic nitrogens is 2. The van der Waals surface area contributed by atoms with Crippen molar-refractivity contribution in [3.63, 3.8) is 0 Å². The van der Waals surface area contributed by atoms with Crippen LogP contribution < -0.4 is 0 Å². The lowest BCUT2D eigenvalue weighted by Crippen LogP contribution is -2.03. The Labute approximate surface area is 110 Å². The van der Waals surface area contributed by atoms with Crippen LogP contribution in [0, 0.1) is 0 Å². The number of rotatable bonds is 4. The van der Waals surface area contributed by atoms with Crippen LogP contribution in [0.15, 0.2) is 22.9 Å². The molecule has 0 saturated carbocycles. The van der Waals surface area contributed by atoms with Gasteiger partial charge in [0.05, 0.1) is 17.5 Å². The highest BCUT2D eigenvalue weighted by atomic mass is 79.9. The molecule has 2 rings (SSSR count). The molecular formula is C11H9BrN2O4. The zero-order valence-corrected chi connectivity index (χ0v) is 10.7. The molecule has 18 heavy (non-hydrogen) atoms. The van der Waals surface area contributed by atoms with E-state index in [2.05, 4.69) is 20.9 Å². The third kappa shape index (κ3) is 2.35. The molecule has 0 fully saturated rings. The minimum atomic E-state index is -1.04. The molecule has 0 radical (unpaired) electrons. The summed E-state index contributed by atoms with van der Waals surface area (Å²) < 4.78 is 2.16. The van der Waals surface area contributed by atoms with Crippen LogP contribution in [-0.4, -0.2) is 31.5 Å². The first-order chi connectivity index (χ1) is 8.49. The fourth-order valence-corrected chi connectivity index (χ4v) is 2.16. The van der Waals surface area contributed by atoms with Crippen molar-refractivity contribution in [3.8, 4) is 0 Å². The summed E-state index contributed by atoms with van der Waals surface area (Å²) in [4.78, 5) is 25.6. The van der Waals surface area contributed by atoms with E-state index >= 15 is 0 Å². The number of nitrogens with zero attached hydrogens (tertiary/aromatic N) is 2. The summed E-state index contributed by atoms with van der Waals surface area (Å²) in [6.07, 6.45) is 1.63. The fourth-order valence-electron chi connectivity index (χ4n) is 1.63. The van der Waals surface area contributed by atoms with E-state index < -0.39 is 11.9 Å². The van der Waals surface area contributed by atoms with E-state index in [-0.39, 0.29) is 18.4 Å². The third-order valence-corrected chi connectivity index (χ3v) is 3.06. The summed E-state index contributed by atoms with van der Waals surface area (Å²) in [7, 11) is 0. The van der Waals surface area contributed by atoms with Crippen LogP contribution in [0.4, 0.5) is 0 Å². The van der Waals surface area contributed by atoms with Crippen LogP contribution in [0.2, 0.25) is 0 Å². The lowest BCUT2D eigenvalue weighted by atomic mass is 10.2. The lowest BCUT2D eigenvalue weighted by Gasteiger charge is -2.01. The fraction of sp³-hybridized carbons (Fsp3) is 0.182. The summed E-state index contributed by atoms with van der Waals surface area (Å²) in [5, 5.41) is 17.6. The van der Waals surface area contributed by atoms with Crippen molar-refractivity contribution in [1.29, 1.82) is 0 Å². The van der Waals surface area contributed by atoms with Gasteiger partial charge in [0.15, 0.2) is 0 Å². The lowest BCUT2D eigenvalue weighted by molar-refractivity contribution is -0.137. The number of pyridine rings is 1. The molecule has 0 aliphatic heterocycles. The summed E-state index contributed by atoms with van der Waals surface area (Å²) >= 11 is 3.26. The Kier molecular flexibility index (Phi) is 3.33. The molecule has 7 heteroatoms. The van der Waals surface area contributed by atoms with E-state index in [9.17, 15) is 9.59 Å². The number of imidazole rings is 1. The zero-order valence-electron chi connectivity index (χ0n) is 9.13. The third-order valence-electron chi connectivity index (χ3n) is 2.47. The molecule has 94 valence electrons. The van der Waals surface area contributed by atoms with Crippen LogP contribution in [0.1, 0.15) is 22.6 Å². The van der Waals surface area contributed by atoms with Crippen LogP contribution in [0.3, 0.4) is 0 Å². The van der Waals surface area contributed by atoms with Crippen molar-refractivity contribution >= 4 is 33.4 Å². The van der Waals surface area contributed by atoms with Gasteiger partial charge in [-0.15, -0.1) is 0 Å². The molecule has 0 bridgehead atoms. The maximum Gasteiger partial charge on any atom is 0.337 e. The molecule has 6 nitrogen and oxygen atoms in total. The minimum absolute atomic E-state index is 0.0527. The number of carbonyl (C=O) groups is 2. The molecule has 0 aromatic carbocycles. The number of aromatic carboxylic acids is 1.